The van der Waals surface area contributed by atoms with Crippen molar-refractivity contribution in [3.05, 3.63) is 4.88 Å². The third-order valence-corrected chi connectivity index (χ3v) is 2.92. The van der Waals surface area contributed by atoms with Crippen molar-refractivity contribution in [1.82, 2.24) is 9.88 Å². The summed E-state index contributed by atoms with van der Waals surface area (Å²) < 4.78 is 0. The molecule has 4 N–H and O–H groups in total. The summed E-state index contributed by atoms with van der Waals surface area (Å²) in [6.07, 6.45) is 0. The molecule has 0 saturated carbocycles. The lowest BCUT2D eigenvalue weighted by Gasteiger charge is -2.14. The van der Waals surface area contributed by atoms with E-state index in [4.69, 9.17) is 10.8 Å². The number of thiazole rings is 1. The average molecular weight is 230 g/mol. The Morgan fingerprint density at radius 1 is 1.73 bits per heavy atom. The van der Waals surface area contributed by atoms with Crippen molar-refractivity contribution in [1.29, 1.82) is 0 Å². The van der Waals surface area contributed by atoms with Gasteiger partial charge in [-0.25, -0.2) is 4.98 Å². The minimum Gasteiger partial charge on any atom is -0.395 e. The molecule has 0 aliphatic carbocycles. The highest BCUT2D eigenvalue weighted by Crippen LogP contribution is 2.25. The smallest absolute Gasteiger partial charge is 0.267 e. The van der Waals surface area contributed by atoms with Gasteiger partial charge in [-0.15, -0.1) is 0 Å². The third kappa shape index (κ3) is 2.57. The molecule has 0 atom stereocenters. The van der Waals surface area contributed by atoms with Gasteiger partial charge >= 0.3 is 0 Å². The first-order chi connectivity index (χ1) is 7.10. The number of carbonyl (C=O) groups excluding carboxylic acids is 1. The largest absolute Gasteiger partial charge is 0.395 e. The summed E-state index contributed by atoms with van der Waals surface area (Å²) in [4.78, 5) is 17.5. The van der Waals surface area contributed by atoms with Crippen molar-refractivity contribution >= 4 is 28.2 Å². The maximum Gasteiger partial charge on any atom is 0.267 e. The van der Waals surface area contributed by atoms with Crippen LogP contribution in [0.4, 0.5) is 10.9 Å². The molecule has 7 heteroatoms. The van der Waals surface area contributed by atoms with Crippen LogP contribution in [-0.4, -0.2) is 48.1 Å². The Labute approximate surface area is 91.7 Å². The number of likely N-dealkylation sites (N-methyl/N-ethyl adjacent to an activating group) is 1. The number of carbonyl (C=O) groups is 1. The lowest BCUT2D eigenvalue weighted by Crippen LogP contribution is -2.29. The molecule has 0 radical (unpaired) electrons. The van der Waals surface area contributed by atoms with Gasteiger partial charge < -0.3 is 21.1 Å². The summed E-state index contributed by atoms with van der Waals surface area (Å²) in [5.41, 5.74) is 5.60. The summed E-state index contributed by atoms with van der Waals surface area (Å²) in [5, 5.41) is 12.1. The molecule has 0 spiro atoms. The fraction of sp³-hybridized carbons (Fsp3) is 0.500. The van der Waals surface area contributed by atoms with Crippen LogP contribution in [0.2, 0.25) is 0 Å². The number of hydrogen-bond donors (Lipinski definition) is 3. The molecule has 0 saturated heterocycles. The van der Waals surface area contributed by atoms with Crippen molar-refractivity contribution < 1.29 is 9.90 Å². The van der Waals surface area contributed by atoms with Crippen LogP contribution in [-0.2, 0) is 0 Å². The van der Waals surface area contributed by atoms with Gasteiger partial charge in [-0.05, 0) is 0 Å². The molecule has 0 fully saturated rings. The van der Waals surface area contributed by atoms with Crippen LogP contribution >= 0.6 is 11.3 Å². The number of nitrogen functional groups attached to an aromatic ring is 1. The number of anilines is 2. The van der Waals surface area contributed by atoms with Crippen molar-refractivity contribution in [3.8, 4) is 0 Å². The van der Waals surface area contributed by atoms with Crippen molar-refractivity contribution in [2.75, 3.05) is 38.3 Å². The molecule has 0 bridgehead atoms. The van der Waals surface area contributed by atoms with Crippen LogP contribution in [0.5, 0.6) is 0 Å². The number of amides is 1. The zero-order valence-corrected chi connectivity index (χ0v) is 9.47. The molecule has 0 aliphatic heterocycles. The minimum absolute atomic E-state index is 0.0696. The summed E-state index contributed by atoms with van der Waals surface area (Å²) in [6.45, 7) is 0.213. The standard InChI is InChI=1S/C8H14N4O2S/c1-10-8-11-6(9)5(15-8)7(14)12(2)3-4-13/h13H,3-4,9H2,1-2H3,(H,10,11). The van der Waals surface area contributed by atoms with E-state index in [1.54, 1.807) is 14.1 Å². The van der Waals surface area contributed by atoms with E-state index in [2.05, 4.69) is 10.3 Å². The lowest BCUT2D eigenvalue weighted by atomic mass is 10.4. The first-order valence-corrected chi connectivity index (χ1v) is 5.22. The Morgan fingerprint density at radius 3 is 2.87 bits per heavy atom. The maximum atomic E-state index is 11.8. The van der Waals surface area contributed by atoms with Gasteiger partial charge in [-0.1, -0.05) is 11.3 Å². The number of nitrogens with two attached hydrogens (primary N) is 1. The number of nitrogens with one attached hydrogen (secondary N) is 1. The molecule has 15 heavy (non-hydrogen) atoms. The van der Waals surface area contributed by atoms with E-state index in [-0.39, 0.29) is 24.9 Å². The molecular weight excluding hydrogens is 216 g/mol. The highest BCUT2D eigenvalue weighted by Gasteiger charge is 2.18. The van der Waals surface area contributed by atoms with Gasteiger partial charge in [-0.2, -0.15) is 0 Å². The number of aromatic nitrogens is 1. The van der Waals surface area contributed by atoms with Crippen molar-refractivity contribution in [3.63, 3.8) is 0 Å². The number of aliphatic hydroxyl groups is 1. The maximum absolute atomic E-state index is 11.8. The summed E-state index contributed by atoms with van der Waals surface area (Å²) in [5.74, 6) is -0.000287. The van der Waals surface area contributed by atoms with E-state index >= 15 is 0 Å². The fourth-order valence-electron chi connectivity index (χ4n) is 1.02. The molecule has 1 heterocycles. The zero-order valence-electron chi connectivity index (χ0n) is 8.65. The van der Waals surface area contributed by atoms with Gasteiger partial charge in [0.1, 0.15) is 10.7 Å². The lowest BCUT2D eigenvalue weighted by molar-refractivity contribution is 0.0772. The molecule has 0 unspecified atom stereocenters. The van der Waals surface area contributed by atoms with Crippen LogP contribution < -0.4 is 11.1 Å². The van der Waals surface area contributed by atoms with Crippen molar-refractivity contribution in [2.24, 2.45) is 0 Å². The summed E-state index contributed by atoms with van der Waals surface area (Å²) in [6, 6.07) is 0. The van der Waals surface area contributed by atoms with E-state index in [1.165, 1.54) is 16.2 Å². The Kier molecular flexibility index (Phi) is 3.87. The van der Waals surface area contributed by atoms with Gasteiger partial charge in [0, 0.05) is 20.6 Å². The van der Waals surface area contributed by atoms with E-state index in [9.17, 15) is 4.79 Å². The number of aliphatic hydroxyl groups excluding tert-OH is 1. The Bertz CT molecular complexity index is 352. The Morgan fingerprint density at radius 2 is 2.40 bits per heavy atom. The predicted molar refractivity (Wildman–Crippen MR) is 60.1 cm³/mol. The van der Waals surface area contributed by atoms with Crippen LogP contribution in [0.25, 0.3) is 0 Å². The molecule has 6 nitrogen and oxygen atoms in total. The number of nitrogens with zero attached hydrogens (tertiary/aromatic N) is 2. The first kappa shape index (κ1) is 11.7. The second-order valence-corrected chi connectivity index (χ2v) is 3.93. The van der Waals surface area contributed by atoms with Crippen LogP contribution in [0.1, 0.15) is 9.67 Å². The highest BCUT2D eigenvalue weighted by molar-refractivity contribution is 7.18. The average Bonchev–Trinajstić information content (AvgIpc) is 2.59. The van der Waals surface area contributed by atoms with Crippen LogP contribution in [0.3, 0.4) is 0 Å². The van der Waals surface area contributed by atoms with E-state index in [0.29, 0.717) is 10.0 Å². The van der Waals surface area contributed by atoms with Gasteiger partial charge in [0.15, 0.2) is 5.13 Å². The van der Waals surface area contributed by atoms with E-state index in [1.807, 2.05) is 0 Å². The molecule has 1 aromatic heterocycles. The van der Waals surface area contributed by atoms with Gasteiger partial charge in [-0.3, -0.25) is 4.79 Å². The molecule has 0 aliphatic rings. The first-order valence-electron chi connectivity index (χ1n) is 4.40. The second-order valence-electron chi connectivity index (χ2n) is 2.93. The van der Waals surface area contributed by atoms with Gasteiger partial charge in [0.2, 0.25) is 0 Å². The predicted octanol–water partition coefficient (Wildman–Crippen LogP) is -0.169. The quantitative estimate of drug-likeness (QED) is 0.668. The van der Waals surface area contributed by atoms with E-state index in [0.717, 1.165) is 0 Å². The third-order valence-electron chi connectivity index (χ3n) is 1.84. The molecule has 1 aromatic rings. The summed E-state index contributed by atoms with van der Waals surface area (Å²) in [7, 11) is 3.32. The molecule has 0 aromatic carbocycles. The van der Waals surface area contributed by atoms with Crippen molar-refractivity contribution in [2.45, 2.75) is 0 Å². The normalized spacial score (nSPS) is 10.1. The van der Waals surface area contributed by atoms with E-state index < -0.39 is 0 Å². The van der Waals surface area contributed by atoms with Crippen LogP contribution in [0, 0.1) is 0 Å². The van der Waals surface area contributed by atoms with Gasteiger partial charge in [0.25, 0.3) is 5.91 Å². The zero-order chi connectivity index (χ0) is 11.4. The monoisotopic (exact) mass is 230 g/mol. The van der Waals surface area contributed by atoms with Crippen LogP contribution in [0.15, 0.2) is 0 Å². The number of hydrogen-bond acceptors (Lipinski definition) is 6. The highest BCUT2D eigenvalue weighted by atomic mass is 32.1. The van der Waals surface area contributed by atoms with Gasteiger partial charge in [0.05, 0.1) is 6.61 Å². The summed E-state index contributed by atoms with van der Waals surface area (Å²) >= 11 is 1.20. The Hall–Kier alpha value is -1.34. The fourth-order valence-corrected chi connectivity index (χ4v) is 1.85. The second kappa shape index (κ2) is 4.94. The Balaban J connectivity index is 2.85. The number of rotatable bonds is 4. The SMILES string of the molecule is CNc1nc(N)c(C(=O)N(C)CCO)s1. The molecule has 1 amide bonds. The molecular formula is C8H14N4O2S. The minimum atomic E-state index is -0.222. The topological polar surface area (TPSA) is 91.5 Å². The molecule has 84 valence electrons. The molecule has 1 rings (SSSR count).